The fourth-order valence-electron chi connectivity index (χ4n) is 4.02. The van der Waals surface area contributed by atoms with E-state index in [-0.39, 0.29) is 25.2 Å². The van der Waals surface area contributed by atoms with Gasteiger partial charge in [-0.2, -0.15) is 5.10 Å². The molecule has 2 aliphatic rings. The topological polar surface area (TPSA) is 108 Å². The molecule has 0 aromatic heterocycles. The summed E-state index contributed by atoms with van der Waals surface area (Å²) in [6, 6.07) is 2.60. The molecule has 10 nitrogen and oxygen atoms in total. The van der Waals surface area contributed by atoms with Gasteiger partial charge >= 0.3 is 11.9 Å². The van der Waals surface area contributed by atoms with E-state index >= 15 is 0 Å². The smallest absolute Gasteiger partial charge is 0.323 e. The second-order valence-electron chi connectivity index (χ2n) is 7.01. The molecule has 0 aliphatic carbocycles. The minimum Gasteiger partial charge on any atom is -0.493 e. The molecule has 1 saturated heterocycles. The maximum atomic E-state index is 12.6. The molecular weight excluding hydrogens is 406 g/mol. The van der Waals surface area contributed by atoms with Crippen LogP contribution in [-0.4, -0.2) is 69.9 Å². The van der Waals surface area contributed by atoms with E-state index in [1.54, 1.807) is 38.2 Å². The maximum absolute atomic E-state index is 12.6. The SMILES string of the molecule is CCOC(=O)C1CC(c2ccc(OC)c(OC)c2OC)N2N=CC(C(=O)OCC)C2N1. The van der Waals surface area contributed by atoms with E-state index in [1.165, 1.54) is 14.2 Å². The summed E-state index contributed by atoms with van der Waals surface area (Å²) < 4.78 is 27.0. The van der Waals surface area contributed by atoms with Gasteiger partial charge in [0.2, 0.25) is 5.75 Å². The highest BCUT2D eigenvalue weighted by molar-refractivity contribution is 5.92. The number of carbonyl (C=O) groups excluding carboxylic acids is 2. The zero-order valence-electron chi connectivity index (χ0n) is 18.4. The predicted molar refractivity (Wildman–Crippen MR) is 111 cm³/mol. The van der Waals surface area contributed by atoms with Crippen LogP contribution in [0.2, 0.25) is 0 Å². The van der Waals surface area contributed by atoms with Gasteiger partial charge < -0.3 is 23.7 Å². The van der Waals surface area contributed by atoms with Crippen LogP contribution in [0.15, 0.2) is 17.2 Å². The lowest BCUT2D eigenvalue weighted by molar-refractivity contribution is -0.153. The van der Waals surface area contributed by atoms with Crippen LogP contribution in [0.25, 0.3) is 0 Å². The van der Waals surface area contributed by atoms with Crippen molar-refractivity contribution >= 4 is 18.2 Å². The highest BCUT2D eigenvalue weighted by Crippen LogP contribution is 2.46. The molecule has 0 bridgehead atoms. The van der Waals surface area contributed by atoms with E-state index in [2.05, 4.69) is 10.4 Å². The quantitative estimate of drug-likeness (QED) is 0.608. The van der Waals surface area contributed by atoms with Gasteiger partial charge in [-0.1, -0.05) is 0 Å². The second kappa shape index (κ2) is 9.86. The van der Waals surface area contributed by atoms with Crippen LogP contribution in [0.5, 0.6) is 17.2 Å². The zero-order chi connectivity index (χ0) is 22.5. The number of hydrogen-bond donors (Lipinski definition) is 1. The molecule has 10 heteroatoms. The van der Waals surface area contributed by atoms with E-state index in [0.717, 1.165) is 5.56 Å². The number of ether oxygens (including phenoxy) is 5. The molecule has 1 fully saturated rings. The monoisotopic (exact) mass is 435 g/mol. The Morgan fingerprint density at radius 3 is 2.32 bits per heavy atom. The largest absolute Gasteiger partial charge is 0.493 e. The van der Waals surface area contributed by atoms with Gasteiger partial charge in [-0.3, -0.25) is 19.9 Å². The molecule has 4 unspecified atom stereocenters. The lowest BCUT2D eigenvalue weighted by atomic mass is 9.92. The number of hydrogen-bond acceptors (Lipinski definition) is 10. The Hall–Kier alpha value is -3.01. The van der Waals surface area contributed by atoms with E-state index < -0.39 is 24.1 Å². The third kappa shape index (κ3) is 4.25. The third-order valence-electron chi connectivity index (χ3n) is 5.36. The minimum absolute atomic E-state index is 0.254. The van der Waals surface area contributed by atoms with Gasteiger partial charge in [0, 0.05) is 11.8 Å². The molecular formula is C21H29N3O7. The van der Waals surface area contributed by atoms with E-state index in [1.807, 2.05) is 6.07 Å². The Bertz CT molecular complexity index is 845. The molecule has 1 aromatic rings. The van der Waals surface area contributed by atoms with Crippen LogP contribution in [0.1, 0.15) is 31.9 Å². The molecule has 0 spiro atoms. The summed E-state index contributed by atoms with van der Waals surface area (Å²) >= 11 is 0. The average molecular weight is 435 g/mol. The Morgan fingerprint density at radius 2 is 1.71 bits per heavy atom. The van der Waals surface area contributed by atoms with Crippen molar-refractivity contribution < 1.29 is 33.3 Å². The summed E-state index contributed by atoms with van der Waals surface area (Å²) in [4.78, 5) is 25.1. The Labute approximate surface area is 181 Å². The van der Waals surface area contributed by atoms with E-state index in [0.29, 0.717) is 23.7 Å². The number of nitrogens with zero attached hydrogens (tertiary/aromatic N) is 2. The van der Waals surface area contributed by atoms with Gasteiger partial charge in [0.15, 0.2) is 11.5 Å². The van der Waals surface area contributed by atoms with Gasteiger partial charge in [0.25, 0.3) is 0 Å². The predicted octanol–water partition coefficient (Wildman–Crippen LogP) is 1.49. The lowest BCUT2D eigenvalue weighted by Gasteiger charge is -2.42. The number of carbonyl (C=O) groups is 2. The van der Waals surface area contributed by atoms with Gasteiger partial charge in [-0.05, 0) is 32.4 Å². The Kier molecular flexibility index (Phi) is 7.21. The van der Waals surface area contributed by atoms with Crippen molar-refractivity contribution in [2.75, 3.05) is 34.5 Å². The maximum Gasteiger partial charge on any atom is 0.323 e. The van der Waals surface area contributed by atoms with Crippen LogP contribution in [0, 0.1) is 5.92 Å². The highest BCUT2D eigenvalue weighted by atomic mass is 16.5. The summed E-state index contributed by atoms with van der Waals surface area (Å²) in [5.74, 6) is -0.0224. The fraction of sp³-hybridized carbons (Fsp3) is 0.571. The average Bonchev–Trinajstić information content (AvgIpc) is 3.21. The van der Waals surface area contributed by atoms with Crippen molar-refractivity contribution in [1.82, 2.24) is 10.3 Å². The molecule has 0 amide bonds. The Morgan fingerprint density at radius 1 is 1.03 bits per heavy atom. The van der Waals surface area contributed by atoms with Crippen molar-refractivity contribution in [3.8, 4) is 17.2 Å². The van der Waals surface area contributed by atoms with Crippen molar-refractivity contribution in [2.24, 2.45) is 11.0 Å². The van der Waals surface area contributed by atoms with Gasteiger partial charge in [-0.15, -0.1) is 0 Å². The van der Waals surface area contributed by atoms with E-state index in [4.69, 9.17) is 23.7 Å². The van der Waals surface area contributed by atoms with Crippen LogP contribution < -0.4 is 19.5 Å². The molecule has 1 N–H and O–H groups in total. The molecule has 3 rings (SSSR count). The standard InChI is InChI=1S/C21H29N3O7/c1-6-30-20(25)13-11-22-24-15(10-14(23-19(13)24)21(26)31-7-2)12-8-9-16(27-3)18(29-5)17(12)28-4/h8-9,11,13-15,19,23H,6-7,10H2,1-5H3. The summed E-state index contributed by atoms with van der Waals surface area (Å²) in [7, 11) is 4.61. The summed E-state index contributed by atoms with van der Waals surface area (Å²) in [6.07, 6.45) is 1.34. The van der Waals surface area contributed by atoms with Crippen molar-refractivity contribution in [3.05, 3.63) is 17.7 Å². The number of rotatable bonds is 8. The first-order chi connectivity index (χ1) is 15.0. The van der Waals surface area contributed by atoms with Crippen molar-refractivity contribution in [3.63, 3.8) is 0 Å². The number of hydrazone groups is 1. The molecule has 2 heterocycles. The molecule has 0 radical (unpaired) electrons. The number of methoxy groups -OCH3 is 3. The molecule has 0 saturated carbocycles. The van der Waals surface area contributed by atoms with Gasteiger partial charge in [-0.25, -0.2) is 0 Å². The lowest BCUT2D eigenvalue weighted by Crippen LogP contribution is -2.59. The molecule has 1 aromatic carbocycles. The highest BCUT2D eigenvalue weighted by Gasteiger charge is 2.48. The summed E-state index contributed by atoms with van der Waals surface area (Å²) in [5.41, 5.74) is 0.752. The van der Waals surface area contributed by atoms with Gasteiger partial charge in [0.05, 0.1) is 40.6 Å². The molecule has 2 aliphatic heterocycles. The molecule has 4 atom stereocenters. The van der Waals surface area contributed by atoms with Crippen molar-refractivity contribution in [1.29, 1.82) is 0 Å². The van der Waals surface area contributed by atoms with Crippen LogP contribution in [0.4, 0.5) is 0 Å². The summed E-state index contributed by atoms with van der Waals surface area (Å²) in [6.45, 7) is 4.01. The number of esters is 2. The third-order valence-corrected chi connectivity index (χ3v) is 5.36. The first-order valence-electron chi connectivity index (χ1n) is 10.2. The van der Waals surface area contributed by atoms with Crippen molar-refractivity contribution in [2.45, 2.75) is 38.5 Å². The second-order valence-corrected chi connectivity index (χ2v) is 7.01. The van der Waals surface area contributed by atoms with Gasteiger partial charge in [0.1, 0.15) is 18.1 Å². The number of benzene rings is 1. The Balaban J connectivity index is 2.03. The first-order valence-corrected chi connectivity index (χ1v) is 10.2. The fourth-order valence-corrected chi connectivity index (χ4v) is 4.02. The normalized spacial score (nSPS) is 24.4. The number of nitrogens with one attached hydrogen (secondary N) is 1. The first kappa shape index (κ1) is 22.7. The van der Waals surface area contributed by atoms with Crippen LogP contribution >= 0.6 is 0 Å². The summed E-state index contributed by atoms with van der Waals surface area (Å²) in [5, 5.41) is 9.45. The molecule has 31 heavy (non-hydrogen) atoms. The minimum atomic E-state index is -0.661. The van der Waals surface area contributed by atoms with Crippen LogP contribution in [-0.2, 0) is 19.1 Å². The number of fused-ring (bicyclic) bond motifs is 1. The molecule has 170 valence electrons. The van der Waals surface area contributed by atoms with E-state index in [9.17, 15) is 9.59 Å². The van der Waals surface area contributed by atoms with Crippen LogP contribution in [0.3, 0.4) is 0 Å². The zero-order valence-corrected chi connectivity index (χ0v) is 18.4.